The lowest BCUT2D eigenvalue weighted by atomic mass is 10.0. The zero-order valence-corrected chi connectivity index (χ0v) is 19.3. The number of nitrogens with two attached hydrogens (primary N) is 2. The minimum atomic E-state index is -1.79. The average molecular weight is 490 g/mol. The average Bonchev–Trinajstić information content (AvgIpc) is 2.73. The minimum absolute atomic E-state index is 0.346. The molecule has 0 aliphatic heterocycles. The Morgan fingerprint density at radius 2 is 1.35 bits per heavy atom. The van der Waals surface area contributed by atoms with E-state index in [4.69, 9.17) is 26.8 Å². The molecule has 34 heavy (non-hydrogen) atoms. The van der Waals surface area contributed by atoms with Gasteiger partial charge >= 0.3 is 17.9 Å². The number of amides is 3. The number of hydrogen-bond acceptors (Lipinski definition) is 8. The molecule has 10 N–H and O–H groups in total. The maximum absolute atomic E-state index is 12.8. The molecule has 4 unspecified atom stereocenters. The van der Waals surface area contributed by atoms with Crippen LogP contribution in [0.1, 0.15) is 52.4 Å². The monoisotopic (exact) mass is 489 g/mol. The lowest BCUT2D eigenvalue weighted by Gasteiger charge is -2.26. The number of unbranched alkanes of at least 4 members (excludes halogenated alkanes) is 1. The third kappa shape index (κ3) is 12.1. The highest BCUT2D eigenvalue weighted by molar-refractivity contribution is 5.94. The number of carbonyl (C=O) groups excluding carboxylic acids is 3. The zero-order chi connectivity index (χ0) is 26.4. The Balaban J connectivity index is 5.44. The summed E-state index contributed by atoms with van der Waals surface area (Å²) in [4.78, 5) is 70.8. The molecule has 0 heterocycles. The van der Waals surface area contributed by atoms with Crippen LogP contribution in [0.25, 0.3) is 0 Å². The Hall–Kier alpha value is -3.26. The zero-order valence-electron chi connectivity index (χ0n) is 19.3. The van der Waals surface area contributed by atoms with Crippen molar-refractivity contribution in [1.29, 1.82) is 0 Å². The van der Waals surface area contributed by atoms with E-state index >= 15 is 0 Å². The van der Waals surface area contributed by atoms with Gasteiger partial charge in [0, 0.05) is 6.42 Å². The summed E-state index contributed by atoms with van der Waals surface area (Å²) < 4.78 is 0. The fourth-order valence-electron chi connectivity index (χ4n) is 2.88. The van der Waals surface area contributed by atoms with Gasteiger partial charge in [0.15, 0.2) is 0 Å². The van der Waals surface area contributed by atoms with E-state index in [2.05, 4.69) is 10.6 Å². The highest BCUT2D eigenvalue weighted by Gasteiger charge is 2.32. The molecule has 0 aromatic carbocycles. The molecule has 0 saturated carbocycles. The molecule has 3 amide bonds. The summed E-state index contributed by atoms with van der Waals surface area (Å²) in [6.45, 7) is 3.70. The van der Waals surface area contributed by atoms with E-state index < -0.39 is 85.0 Å². The van der Waals surface area contributed by atoms with E-state index in [1.54, 1.807) is 13.8 Å². The number of carboxylic acid groups (broad SMARTS) is 3. The fourth-order valence-corrected chi connectivity index (χ4v) is 2.88. The van der Waals surface area contributed by atoms with Crippen LogP contribution in [0.4, 0.5) is 0 Å². The number of aliphatic carboxylic acids is 3. The van der Waals surface area contributed by atoms with Crippen LogP contribution in [0.3, 0.4) is 0 Å². The predicted octanol–water partition coefficient (Wildman–Crippen LogP) is -2.02. The molecule has 14 heteroatoms. The summed E-state index contributed by atoms with van der Waals surface area (Å²) in [5, 5.41) is 33.7. The smallest absolute Gasteiger partial charge is 0.326 e. The first-order valence-corrected chi connectivity index (χ1v) is 10.8. The van der Waals surface area contributed by atoms with Crippen molar-refractivity contribution in [2.45, 2.75) is 76.5 Å². The molecule has 4 atom stereocenters. The van der Waals surface area contributed by atoms with Crippen molar-refractivity contribution in [1.82, 2.24) is 16.0 Å². The van der Waals surface area contributed by atoms with Crippen LogP contribution in [0, 0.1) is 5.92 Å². The lowest BCUT2D eigenvalue weighted by molar-refractivity contribution is -0.147. The number of carbonyl (C=O) groups is 6. The van der Waals surface area contributed by atoms with E-state index in [9.17, 15) is 28.8 Å². The van der Waals surface area contributed by atoms with Crippen molar-refractivity contribution in [3.8, 4) is 0 Å². The first kappa shape index (κ1) is 30.7. The van der Waals surface area contributed by atoms with Crippen LogP contribution in [0.15, 0.2) is 0 Å². The molecule has 0 aromatic heterocycles. The van der Waals surface area contributed by atoms with Crippen LogP contribution >= 0.6 is 0 Å². The summed E-state index contributed by atoms with van der Waals surface area (Å²) in [5.41, 5.74) is 11.3. The molecule has 0 bridgehead atoms. The molecule has 0 aromatic rings. The van der Waals surface area contributed by atoms with Crippen molar-refractivity contribution < 1.29 is 44.1 Å². The molecule has 0 fully saturated rings. The van der Waals surface area contributed by atoms with Crippen LogP contribution in [-0.2, 0) is 28.8 Å². The van der Waals surface area contributed by atoms with Gasteiger partial charge in [0.1, 0.15) is 18.1 Å². The second-order valence-electron chi connectivity index (χ2n) is 8.11. The summed E-state index contributed by atoms with van der Waals surface area (Å²) >= 11 is 0. The minimum Gasteiger partial charge on any atom is -0.481 e. The molecule has 194 valence electrons. The third-order valence-corrected chi connectivity index (χ3v) is 4.83. The standard InChI is InChI=1S/C20H35N5O9/c1-10(2)16(25-17(30)11(22)5-3-4-8-21)19(32)23-12(6-7-14(26)27)18(31)24-13(20(33)34)9-15(28)29/h10-13,16H,3-9,21-22H2,1-2H3,(H,23,32)(H,24,31)(H,25,30)(H,26,27)(H,28,29)(H,33,34). The van der Waals surface area contributed by atoms with Gasteiger partial charge < -0.3 is 42.7 Å². The lowest BCUT2D eigenvalue weighted by Crippen LogP contribution is -2.58. The topological polar surface area (TPSA) is 251 Å². The highest BCUT2D eigenvalue weighted by atomic mass is 16.4. The number of carboxylic acids is 3. The van der Waals surface area contributed by atoms with Crippen molar-refractivity contribution >= 4 is 35.6 Å². The molecule has 0 aliphatic rings. The van der Waals surface area contributed by atoms with Gasteiger partial charge in [0.25, 0.3) is 0 Å². The molecule has 0 saturated heterocycles. The highest BCUT2D eigenvalue weighted by Crippen LogP contribution is 2.07. The largest absolute Gasteiger partial charge is 0.481 e. The number of hydrogen-bond donors (Lipinski definition) is 8. The summed E-state index contributed by atoms with van der Waals surface area (Å²) in [7, 11) is 0. The van der Waals surface area contributed by atoms with Gasteiger partial charge in [-0.1, -0.05) is 20.3 Å². The van der Waals surface area contributed by atoms with Gasteiger partial charge in [-0.15, -0.1) is 0 Å². The molecule has 0 rings (SSSR count). The molecular weight excluding hydrogens is 454 g/mol. The second kappa shape index (κ2) is 15.6. The first-order valence-electron chi connectivity index (χ1n) is 10.8. The quantitative estimate of drug-likeness (QED) is 0.103. The maximum Gasteiger partial charge on any atom is 0.326 e. The molecule has 0 spiro atoms. The van der Waals surface area contributed by atoms with Gasteiger partial charge in [-0.05, 0) is 31.7 Å². The normalized spacial score (nSPS) is 14.4. The predicted molar refractivity (Wildman–Crippen MR) is 118 cm³/mol. The third-order valence-electron chi connectivity index (χ3n) is 4.83. The van der Waals surface area contributed by atoms with Crippen molar-refractivity contribution in [2.24, 2.45) is 17.4 Å². The molecule has 0 aliphatic carbocycles. The van der Waals surface area contributed by atoms with Crippen molar-refractivity contribution in [3.05, 3.63) is 0 Å². The number of nitrogens with one attached hydrogen (secondary N) is 3. The molecular formula is C20H35N5O9. The van der Waals surface area contributed by atoms with Gasteiger partial charge in [-0.2, -0.15) is 0 Å². The van der Waals surface area contributed by atoms with Gasteiger partial charge in [0.2, 0.25) is 17.7 Å². The van der Waals surface area contributed by atoms with E-state index in [0.717, 1.165) is 0 Å². The van der Waals surface area contributed by atoms with E-state index in [0.29, 0.717) is 25.8 Å². The van der Waals surface area contributed by atoms with E-state index in [1.807, 2.05) is 5.32 Å². The summed E-state index contributed by atoms with van der Waals surface area (Å²) in [5.74, 6) is -7.29. The Bertz CT molecular complexity index is 744. The van der Waals surface area contributed by atoms with Crippen molar-refractivity contribution in [3.63, 3.8) is 0 Å². The van der Waals surface area contributed by atoms with Gasteiger partial charge in [-0.25, -0.2) is 4.79 Å². The van der Waals surface area contributed by atoms with Crippen LogP contribution in [0.5, 0.6) is 0 Å². The fraction of sp³-hybridized carbons (Fsp3) is 0.700. The van der Waals surface area contributed by atoms with Gasteiger partial charge in [-0.3, -0.25) is 24.0 Å². The summed E-state index contributed by atoms with van der Waals surface area (Å²) in [6.07, 6.45) is -0.229. The van der Waals surface area contributed by atoms with E-state index in [1.165, 1.54) is 0 Å². The van der Waals surface area contributed by atoms with Crippen molar-refractivity contribution in [2.75, 3.05) is 6.54 Å². The van der Waals surface area contributed by atoms with E-state index in [-0.39, 0.29) is 0 Å². The second-order valence-corrected chi connectivity index (χ2v) is 8.11. The number of rotatable bonds is 17. The van der Waals surface area contributed by atoms with Crippen LogP contribution < -0.4 is 27.4 Å². The Labute approximate surface area is 196 Å². The van der Waals surface area contributed by atoms with Crippen LogP contribution in [-0.4, -0.2) is 81.7 Å². The Morgan fingerprint density at radius 1 is 0.765 bits per heavy atom. The van der Waals surface area contributed by atoms with Gasteiger partial charge in [0.05, 0.1) is 12.5 Å². The summed E-state index contributed by atoms with van der Waals surface area (Å²) in [6, 6.07) is -5.29. The molecule has 0 radical (unpaired) electrons. The maximum atomic E-state index is 12.8. The Kier molecular flexibility index (Phi) is 14.1. The SMILES string of the molecule is CC(C)C(NC(=O)C(N)CCCCN)C(=O)NC(CCC(=O)O)C(=O)NC(CC(=O)O)C(=O)O. The van der Waals surface area contributed by atoms with Crippen LogP contribution in [0.2, 0.25) is 0 Å². The Morgan fingerprint density at radius 3 is 1.82 bits per heavy atom. The molecule has 14 nitrogen and oxygen atoms in total. The first-order chi connectivity index (χ1) is 15.8.